The second kappa shape index (κ2) is 6.89. The van der Waals surface area contributed by atoms with Crippen LogP contribution >= 0.6 is 11.6 Å². The van der Waals surface area contributed by atoms with Crippen LogP contribution in [0.3, 0.4) is 0 Å². The molecular formula is C15H19ClN2O3. The Morgan fingerprint density at radius 1 is 1.48 bits per heavy atom. The van der Waals surface area contributed by atoms with Crippen LogP contribution in [0.5, 0.6) is 0 Å². The van der Waals surface area contributed by atoms with Crippen LogP contribution in [-0.4, -0.2) is 16.9 Å². The van der Waals surface area contributed by atoms with Gasteiger partial charge in [0.05, 0.1) is 4.92 Å². The third-order valence-electron chi connectivity index (χ3n) is 4.11. The molecule has 21 heavy (non-hydrogen) atoms. The number of para-hydroxylation sites is 1. The van der Waals surface area contributed by atoms with Gasteiger partial charge < -0.3 is 5.32 Å². The second-order valence-electron chi connectivity index (χ2n) is 5.50. The maximum Gasteiger partial charge on any atom is 0.300 e. The quantitative estimate of drug-likeness (QED) is 0.676. The van der Waals surface area contributed by atoms with Gasteiger partial charge in [-0.15, -0.1) is 0 Å². The van der Waals surface area contributed by atoms with E-state index in [1.807, 2.05) is 0 Å². The average Bonchev–Trinajstić information content (AvgIpc) is 2.46. The van der Waals surface area contributed by atoms with Crippen LogP contribution in [0.2, 0.25) is 5.02 Å². The zero-order chi connectivity index (χ0) is 15.4. The van der Waals surface area contributed by atoms with Crippen LogP contribution in [0.4, 0.5) is 5.69 Å². The molecule has 1 N–H and O–H groups in total. The fourth-order valence-corrected chi connectivity index (χ4v) is 3.18. The molecule has 1 fully saturated rings. The first-order valence-electron chi connectivity index (χ1n) is 7.26. The molecule has 0 saturated heterocycles. The lowest BCUT2D eigenvalue weighted by molar-refractivity contribution is -0.385. The van der Waals surface area contributed by atoms with E-state index < -0.39 is 10.8 Å². The highest BCUT2D eigenvalue weighted by Gasteiger charge is 2.27. The SMILES string of the molecule is CCC1CCCC(NC(=O)c2cccc(Cl)c2[N+](=O)[O-])C1. The summed E-state index contributed by atoms with van der Waals surface area (Å²) in [4.78, 5) is 22.8. The van der Waals surface area contributed by atoms with Gasteiger partial charge in [0.2, 0.25) is 0 Å². The van der Waals surface area contributed by atoms with Gasteiger partial charge in [0, 0.05) is 6.04 Å². The topological polar surface area (TPSA) is 72.2 Å². The summed E-state index contributed by atoms with van der Waals surface area (Å²) in [5.74, 6) is 0.212. The Labute approximate surface area is 128 Å². The van der Waals surface area contributed by atoms with E-state index in [1.165, 1.54) is 18.6 Å². The van der Waals surface area contributed by atoms with E-state index >= 15 is 0 Å². The van der Waals surface area contributed by atoms with E-state index in [0.29, 0.717) is 5.92 Å². The Balaban J connectivity index is 2.14. The first-order chi connectivity index (χ1) is 10.0. The van der Waals surface area contributed by atoms with Crippen molar-refractivity contribution < 1.29 is 9.72 Å². The molecule has 0 radical (unpaired) electrons. The monoisotopic (exact) mass is 310 g/mol. The average molecular weight is 311 g/mol. The number of nitro benzene ring substituents is 1. The lowest BCUT2D eigenvalue weighted by atomic mass is 9.84. The first-order valence-corrected chi connectivity index (χ1v) is 7.64. The van der Waals surface area contributed by atoms with Crippen molar-refractivity contribution in [2.24, 2.45) is 5.92 Å². The van der Waals surface area contributed by atoms with Gasteiger partial charge in [-0.3, -0.25) is 14.9 Å². The molecule has 0 heterocycles. The number of hydrogen-bond donors (Lipinski definition) is 1. The minimum Gasteiger partial charge on any atom is -0.349 e. The Morgan fingerprint density at radius 2 is 2.24 bits per heavy atom. The van der Waals surface area contributed by atoms with Gasteiger partial charge in [-0.1, -0.05) is 43.9 Å². The lowest BCUT2D eigenvalue weighted by Crippen LogP contribution is -2.38. The Hall–Kier alpha value is -1.62. The van der Waals surface area contributed by atoms with Crippen molar-refractivity contribution in [2.75, 3.05) is 0 Å². The molecule has 1 aliphatic carbocycles. The molecule has 5 nitrogen and oxygen atoms in total. The molecule has 1 saturated carbocycles. The van der Waals surface area contributed by atoms with Gasteiger partial charge in [0.25, 0.3) is 5.91 Å². The summed E-state index contributed by atoms with van der Waals surface area (Å²) in [6.45, 7) is 2.15. The van der Waals surface area contributed by atoms with Crippen LogP contribution in [0.15, 0.2) is 18.2 Å². The van der Waals surface area contributed by atoms with Crippen molar-refractivity contribution in [1.82, 2.24) is 5.32 Å². The van der Waals surface area contributed by atoms with Gasteiger partial charge in [-0.2, -0.15) is 0 Å². The molecule has 0 spiro atoms. The minimum atomic E-state index is -0.604. The number of halogens is 1. The molecule has 6 heteroatoms. The molecule has 1 aromatic carbocycles. The highest BCUT2D eigenvalue weighted by Crippen LogP contribution is 2.30. The third kappa shape index (κ3) is 3.73. The normalized spacial score (nSPS) is 21.8. The number of carbonyl (C=O) groups is 1. The van der Waals surface area contributed by atoms with Crippen LogP contribution < -0.4 is 5.32 Å². The summed E-state index contributed by atoms with van der Waals surface area (Å²) >= 11 is 5.84. The zero-order valence-corrected chi connectivity index (χ0v) is 12.7. The summed E-state index contributed by atoms with van der Waals surface area (Å²) in [5, 5.41) is 14.0. The van der Waals surface area contributed by atoms with Crippen molar-refractivity contribution in [3.63, 3.8) is 0 Å². The van der Waals surface area contributed by atoms with Crippen LogP contribution in [0.25, 0.3) is 0 Å². The molecule has 2 unspecified atom stereocenters. The maximum absolute atomic E-state index is 12.3. The molecule has 2 rings (SSSR count). The van der Waals surface area contributed by atoms with E-state index in [9.17, 15) is 14.9 Å². The van der Waals surface area contributed by atoms with Crippen LogP contribution in [0, 0.1) is 16.0 Å². The smallest absolute Gasteiger partial charge is 0.300 e. The zero-order valence-electron chi connectivity index (χ0n) is 12.0. The number of hydrogen-bond acceptors (Lipinski definition) is 3. The molecule has 0 aromatic heterocycles. The lowest BCUT2D eigenvalue weighted by Gasteiger charge is -2.29. The summed E-state index contributed by atoms with van der Waals surface area (Å²) in [5.41, 5.74) is -0.286. The standard InChI is InChI=1S/C15H19ClN2O3/c1-2-10-5-3-6-11(9-10)17-15(19)12-7-4-8-13(16)14(12)18(20)21/h4,7-8,10-11H,2-3,5-6,9H2,1H3,(H,17,19). The highest BCUT2D eigenvalue weighted by atomic mass is 35.5. The van der Waals surface area contributed by atoms with Gasteiger partial charge in [-0.05, 0) is 30.9 Å². The third-order valence-corrected chi connectivity index (χ3v) is 4.41. The van der Waals surface area contributed by atoms with Gasteiger partial charge in [0.1, 0.15) is 10.6 Å². The Bertz CT molecular complexity index is 548. The second-order valence-corrected chi connectivity index (χ2v) is 5.91. The first kappa shape index (κ1) is 15.8. The van der Waals surface area contributed by atoms with Crippen LogP contribution in [-0.2, 0) is 0 Å². The summed E-state index contributed by atoms with van der Waals surface area (Å²) in [7, 11) is 0. The van der Waals surface area contributed by atoms with Crippen LogP contribution in [0.1, 0.15) is 49.4 Å². The maximum atomic E-state index is 12.3. The minimum absolute atomic E-state index is 0.0114. The van der Waals surface area contributed by atoms with Crippen molar-refractivity contribution in [3.8, 4) is 0 Å². The highest BCUT2D eigenvalue weighted by molar-refractivity contribution is 6.33. The number of benzene rings is 1. The molecule has 1 aromatic rings. The van der Waals surface area contributed by atoms with E-state index in [4.69, 9.17) is 11.6 Å². The van der Waals surface area contributed by atoms with Gasteiger partial charge in [-0.25, -0.2) is 0 Å². The predicted octanol–water partition coefficient (Wildman–Crippen LogP) is 3.95. The van der Waals surface area contributed by atoms with E-state index in [-0.39, 0.29) is 22.3 Å². The number of amides is 1. The van der Waals surface area contributed by atoms with Gasteiger partial charge >= 0.3 is 5.69 Å². The van der Waals surface area contributed by atoms with Crippen molar-refractivity contribution in [1.29, 1.82) is 0 Å². The molecule has 0 aliphatic heterocycles. The summed E-state index contributed by atoms with van der Waals surface area (Å²) in [6.07, 6.45) is 5.25. The number of nitrogens with one attached hydrogen (secondary N) is 1. The van der Waals surface area contributed by atoms with E-state index in [0.717, 1.165) is 25.7 Å². The number of rotatable bonds is 4. The Morgan fingerprint density at radius 3 is 2.90 bits per heavy atom. The van der Waals surface area contributed by atoms with Crippen molar-refractivity contribution in [2.45, 2.75) is 45.1 Å². The molecular weight excluding hydrogens is 292 g/mol. The van der Waals surface area contributed by atoms with Gasteiger partial charge in [0.15, 0.2) is 0 Å². The number of nitrogens with zero attached hydrogens (tertiary/aromatic N) is 1. The van der Waals surface area contributed by atoms with Crippen molar-refractivity contribution in [3.05, 3.63) is 38.9 Å². The molecule has 1 aliphatic rings. The predicted molar refractivity (Wildman–Crippen MR) is 81.6 cm³/mol. The van der Waals surface area contributed by atoms with E-state index in [1.54, 1.807) is 6.07 Å². The number of nitro groups is 1. The molecule has 2 atom stereocenters. The fourth-order valence-electron chi connectivity index (χ4n) is 2.94. The Kier molecular flexibility index (Phi) is 5.17. The molecule has 114 valence electrons. The fraction of sp³-hybridized carbons (Fsp3) is 0.533. The van der Waals surface area contributed by atoms with E-state index in [2.05, 4.69) is 12.2 Å². The summed E-state index contributed by atoms with van der Waals surface area (Å²) in [6, 6.07) is 4.51. The number of carbonyl (C=O) groups excluding carboxylic acids is 1. The molecule has 0 bridgehead atoms. The summed E-state index contributed by atoms with van der Waals surface area (Å²) < 4.78 is 0. The largest absolute Gasteiger partial charge is 0.349 e. The van der Waals surface area contributed by atoms with Crippen molar-refractivity contribution >= 4 is 23.2 Å². The molecule has 1 amide bonds.